The summed E-state index contributed by atoms with van der Waals surface area (Å²) in [5, 5.41) is 3.65. The van der Waals surface area contributed by atoms with Crippen molar-refractivity contribution in [2.75, 3.05) is 6.54 Å². The standard InChI is InChI=1S/C18H37N/c1-2-3-4-5-6-7-8-9-10-11-12-15-18-16-13-14-17-19-18/h18-19H,2-17H2,1H3. The van der Waals surface area contributed by atoms with Gasteiger partial charge in [0.15, 0.2) is 0 Å². The van der Waals surface area contributed by atoms with Crippen molar-refractivity contribution in [3.8, 4) is 0 Å². The fourth-order valence-corrected chi connectivity index (χ4v) is 3.23. The van der Waals surface area contributed by atoms with Crippen molar-refractivity contribution in [2.24, 2.45) is 0 Å². The predicted molar refractivity (Wildman–Crippen MR) is 86.7 cm³/mol. The highest BCUT2D eigenvalue weighted by atomic mass is 14.9. The topological polar surface area (TPSA) is 12.0 Å². The second kappa shape index (κ2) is 13.0. The van der Waals surface area contributed by atoms with E-state index in [9.17, 15) is 0 Å². The highest BCUT2D eigenvalue weighted by Gasteiger charge is 2.11. The smallest absolute Gasteiger partial charge is 0.00670 e. The number of unbranched alkanes of at least 4 members (excludes halogenated alkanes) is 10. The molecule has 1 atom stereocenters. The van der Waals surface area contributed by atoms with Gasteiger partial charge in [-0.15, -0.1) is 0 Å². The monoisotopic (exact) mass is 267 g/mol. The van der Waals surface area contributed by atoms with Crippen LogP contribution in [-0.2, 0) is 0 Å². The summed E-state index contributed by atoms with van der Waals surface area (Å²) < 4.78 is 0. The molecule has 0 spiro atoms. The third-order valence-corrected chi connectivity index (χ3v) is 4.57. The summed E-state index contributed by atoms with van der Waals surface area (Å²) in [5.74, 6) is 0. The van der Waals surface area contributed by atoms with Crippen molar-refractivity contribution in [3.63, 3.8) is 0 Å². The molecule has 0 saturated carbocycles. The molecule has 1 unspecified atom stereocenters. The summed E-state index contributed by atoms with van der Waals surface area (Å²) in [4.78, 5) is 0. The molecule has 19 heavy (non-hydrogen) atoms. The van der Waals surface area contributed by atoms with E-state index in [1.165, 1.54) is 103 Å². The first-order chi connectivity index (χ1) is 9.43. The Morgan fingerprint density at radius 3 is 1.84 bits per heavy atom. The molecule has 0 radical (unpaired) electrons. The van der Waals surface area contributed by atoms with Gasteiger partial charge in [-0.1, -0.05) is 84.0 Å². The van der Waals surface area contributed by atoms with E-state index in [0.717, 1.165) is 6.04 Å². The Morgan fingerprint density at radius 1 is 0.737 bits per heavy atom. The molecular weight excluding hydrogens is 230 g/mol. The van der Waals surface area contributed by atoms with Gasteiger partial charge in [-0.3, -0.25) is 0 Å². The lowest BCUT2D eigenvalue weighted by molar-refractivity contribution is 0.370. The van der Waals surface area contributed by atoms with E-state index in [4.69, 9.17) is 0 Å². The van der Waals surface area contributed by atoms with Gasteiger partial charge in [-0.25, -0.2) is 0 Å². The Balaban J connectivity index is 1.71. The largest absolute Gasteiger partial charge is 0.314 e. The molecule has 1 aliphatic heterocycles. The summed E-state index contributed by atoms with van der Waals surface area (Å²) in [6.45, 7) is 3.56. The van der Waals surface area contributed by atoms with Crippen LogP contribution in [0.2, 0.25) is 0 Å². The zero-order valence-electron chi connectivity index (χ0n) is 13.4. The number of hydrogen-bond acceptors (Lipinski definition) is 1. The summed E-state index contributed by atoms with van der Waals surface area (Å²) >= 11 is 0. The molecule has 1 aliphatic rings. The maximum Gasteiger partial charge on any atom is 0.00670 e. The Morgan fingerprint density at radius 2 is 1.32 bits per heavy atom. The molecule has 1 heterocycles. The molecular formula is C18H37N. The van der Waals surface area contributed by atoms with Crippen LogP contribution < -0.4 is 5.32 Å². The van der Waals surface area contributed by atoms with Crippen LogP contribution >= 0.6 is 0 Å². The van der Waals surface area contributed by atoms with Crippen molar-refractivity contribution in [1.29, 1.82) is 0 Å². The minimum Gasteiger partial charge on any atom is -0.314 e. The lowest BCUT2D eigenvalue weighted by Gasteiger charge is -2.23. The van der Waals surface area contributed by atoms with Gasteiger partial charge in [0.25, 0.3) is 0 Å². The fraction of sp³-hybridized carbons (Fsp3) is 1.00. The highest BCUT2D eigenvalue weighted by Crippen LogP contribution is 2.15. The molecule has 0 aromatic heterocycles. The van der Waals surface area contributed by atoms with Gasteiger partial charge in [0.2, 0.25) is 0 Å². The Bertz CT molecular complexity index is 173. The van der Waals surface area contributed by atoms with Crippen LogP contribution in [0.1, 0.15) is 103 Å². The normalized spacial score (nSPS) is 19.7. The van der Waals surface area contributed by atoms with E-state index in [1.807, 2.05) is 0 Å². The van der Waals surface area contributed by atoms with Gasteiger partial charge in [-0.05, 0) is 25.8 Å². The highest BCUT2D eigenvalue weighted by molar-refractivity contribution is 4.71. The van der Waals surface area contributed by atoms with Gasteiger partial charge in [-0.2, -0.15) is 0 Å². The number of rotatable bonds is 12. The SMILES string of the molecule is CCCCCCCCCCCCCC1CCCCN1. The van der Waals surface area contributed by atoms with Crippen molar-refractivity contribution >= 4 is 0 Å². The third kappa shape index (κ3) is 10.4. The van der Waals surface area contributed by atoms with E-state index in [-0.39, 0.29) is 0 Å². The van der Waals surface area contributed by atoms with Gasteiger partial charge < -0.3 is 5.32 Å². The van der Waals surface area contributed by atoms with Gasteiger partial charge in [0.1, 0.15) is 0 Å². The average Bonchev–Trinajstić information content (AvgIpc) is 2.46. The molecule has 0 amide bonds. The maximum absolute atomic E-state index is 3.65. The van der Waals surface area contributed by atoms with E-state index in [0.29, 0.717) is 0 Å². The molecule has 1 saturated heterocycles. The van der Waals surface area contributed by atoms with Crippen molar-refractivity contribution < 1.29 is 0 Å². The molecule has 0 aliphatic carbocycles. The van der Waals surface area contributed by atoms with Crippen molar-refractivity contribution in [1.82, 2.24) is 5.32 Å². The first-order valence-corrected chi connectivity index (χ1v) is 9.17. The van der Waals surface area contributed by atoms with Crippen LogP contribution in [0, 0.1) is 0 Å². The summed E-state index contributed by atoms with van der Waals surface area (Å²) in [6.07, 6.45) is 21.8. The van der Waals surface area contributed by atoms with Gasteiger partial charge in [0.05, 0.1) is 0 Å². The quantitative estimate of drug-likeness (QED) is 0.439. The fourth-order valence-electron chi connectivity index (χ4n) is 3.23. The molecule has 114 valence electrons. The van der Waals surface area contributed by atoms with Crippen LogP contribution in [0.15, 0.2) is 0 Å². The van der Waals surface area contributed by atoms with Crippen LogP contribution in [-0.4, -0.2) is 12.6 Å². The summed E-state index contributed by atoms with van der Waals surface area (Å²) in [6, 6.07) is 0.854. The zero-order valence-corrected chi connectivity index (χ0v) is 13.4. The number of hydrogen-bond donors (Lipinski definition) is 1. The third-order valence-electron chi connectivity index (χ3n) is 4.57. The Labute approximate surface area is 121 Å². The van der Waals surface area contributed by atoms with Gasteiger partial charge in [0, 0.05) is 6.04 Å². The van der Waals surface area contributed by atoms with Crippen LogP contribution in [0.4, 0.5) is 0 Å². The van der Waals surface area contributed by atoms with Crippen molar-refractivity contribution in [2.45, 2.75) is 109 Å². The lowest BCUT2D eigenvalue weighted by atomic mass is 9.98. The van der Waals surface area contributed by atoms with E-state index < -0.39 is 0 Å². The second-order valence-corrected chi connectivity index (χ2v) is 6.47. The van der Waals surface area contributed by atoms with E-state index >= 15 is 0 Å². The van der Waals surface area contributed by atoms with Crippen molar-refractivity contribution in [3.05, 3.63) is 0 Å². The van der Waals surface area contributed by atoms with Crippen LogP contribution in [0.25, 0.3) is 0 Å². The number of piperidine rings is 1. The summed E-state index contributed by atoms with van der Waals surface area (Å²) in [7, 11) is 0. The minimum atomic E-state index is 0.854. The molecule has 1 nitrogen and oxygen atoms in total. The zero-order chi connectivity index (χ0) is 13.6. The minimum absolute atomic E-state index is 0.854. The average molecular weight is 268 g/mol. The molecule has 1 heteroatoms. The molecule has 1 N–H and O–H groups in total. The van der Waals surface area contributed by atoms with Gasteiger partial charge >= 0.3 is 0 Å². The van der Waals surface area contributed by atoms with Crippen LogP contribution in [0.3, 0.4) is 0 Å². The molecule has 0 bridgehead atoms. The Kier molecular flexibility index (Phi) is 11.6. The molecule has 0 aromatic carbocycles. The Hall–Kier alpha value is -0.0400. The molecule has 1 fully saturated rings. The predicted octanol–water partition coefficient (Wildman–Crippen LogP) is 5.83. The first kappa shape index (κ1) is 17.0. The number of nitrogens with one attached hydrogen (secondary N) is 1. The summed E-state index contributed by atoms with van der Waals surface area (Å²) in [5.41, 5.74) is 0. The van der Waals surface area contributed by atoms with E-state index in [2.05, 4.69) is 12.2 Å². The second-order valence-electron chi connectivity index (χ2n) is 6.47. The van der Waals surface area contributed by atoms with Crippen LogP contribution in [0.5, 0.6) is 0 Å². The maximum atomic E-state index is 3.65. The molecule has 1 rings (SSSR count). The van der Waals surface area contributed by atoms with E-state index in [1.54, 1.807) is 0 Å². The lowest BCUT2D eigenvalue weighted by Crippen LogP contribution is -2.33. The molecule has 0 aromatic rings. The first-order valence-electron chi connectivity index (χ1n) is 9.17.